The molecule has 1 aliphatic rings. The van der Waals surface area contributed by atoms with Crippen LogP contribution in [0.5, 0.6) is 0 Å². The van der Waals surface area contributed by atoms with Gasteiger partial charge in [0.1, 0.15) is 12.6 Å². The molecule has 132 valence electrons. The van der Waals surface area contributed by atoms with Crippen LogP contribution in [0.4, 0.5) is 5.69 Å². The van der Waals surface area contributed by atoms with E-state index in [4.69, 9.17) is 0 Å². The van der Waals surface area contributed by atoms with Gasteiger partial charge in [-0.2, -0.15) is 5.26 Å². The Balaban J connectivity index is 1.66. The summed E-state index contributed by atoms with van der Waals surface area (Å²) < 4.78 is 0. The molecule has 0 spiro atoms. The summed E-state index contributed by atoms with van der Waals surface area (Å²) in [6.07, 6.45) is 1.69. The topological polar surface area (TPSA) is 77.3 Å². The third-order valence-corrected chi connectivity index (χ3v) is 5.17. The average Bonchev–Trinajstić information content (AvgIpc) is 2.68. The Kier molecular flexibility index (Phi) is 5.54. The zero-order valence-corrected chi connectivity index (χ0v) is 15.1. The summed E-state index contributed by atoms with van der Waals surface area (Å²) in [6.45, 7) is 2.66. The van der Waals surface area contributed by atoms with Gasteiger partial charge in [0, 0.05) is 19.3 Å². The van der Waals surface area contributed by atoms with Crippen LogP contribution >= 0.6 is 11.8 Å². The molecule has 2 heterocycles. The van der Waals surface area contributed by atoms with Crippen LogP contribution in [-0.4, -0.2) is 46.6 Å². The second-order valence-corrected chi connectivity index (χ2v) is 7.22. The quantitative estimate of drug-likeness (QED) is 0.776. The highest BCUT2D eigenvalue weighted by molar-refractivity contribution is 8.00. The molecule has 26 heavy (non-hydrogen) atoms. The van der Waals surface area contributed by atoms with E-state index in [2.05, 4.69) is 11.1 Å². The summed E-state index contributed by atoms with van der Waals surface area (Å²) in [5.74, 6) is -0.260. The molecular weight excluding hydrogens is 348 g/mol. The van der Waals surface area contributed by atoms with E-state index in [1.54, 1.807) is 40.3 Å². The fourth-order valence-corrected chi connectivity index (χ4v) is 3.72. The monoisotopic (exact) mass is 366 g/mol. The zero-order valence-electron chi connectivity index (χ0n) is 14.3. The maximum atomic E-state index is 12.7. The van der Waals surface area contributed by atoms with Crippen molar-refractivity contribution in [1.82, 2.24) is 9.88 Å². The highest BCUT2D eigenvalue weighted by atomic mass is 32.2. The van der Waals surface area contributed by atoms with Crippen LogP contribution in [0.25, 0.3) is 0 Å². The van der Waals surface area contributed by atoms with Crippen molar-refractivity contribution in [2.45, 2.75) is 17.2 Å². The molecule has 2 amide bonds. The number of anilines is 1. The molecule has 2 aromatic rings. The van der Waals surface area contributed by atoms with E-state index in [9.17, 15) is 14.9 Å². The third-order valence-electron chi connectivity index (χ3n) is 4.13. The van der Waals surface area contributed by atoms with Gasteiger partial charge < -0.3 is 9.80 Å². The molecular formula is C19H18N4O2S. The molecule has 6 nitrogen and oxygen atoms in total. The summed E-state index contributed by atoms with van der Waals surface area (Å²) in [4.78, 5) is 32.6. The highest BCUT2D eigenvalue weighted by Crippen LogP contribution is 2.25. The lowest BCUT2D eigenvalue weighted by Gasteiger charge is -2.35. The van der Waals surface area contributed by atoms with Crippen LogP contribution < -0.4 is 4.90 Å². The van der Waals surface area contributed by atoms with Crippen molar-refractivity contribution >= 4 is 29.3 Å². The first kappa shape index (κ1) is 18.0. The van der Waals surface area contributed by atoms with Gasteiger partial charge in [-0.3, -0.25) is 9.59 Å². The number of aromatic nitrogens is 1. The van der Waals surface area contributed by atoms with Crippen molar-refractivity contribution in [1.29, 1.82) is 5.26 Å². The first-order valence-corrected chi connectivity index (χ1v) is 9.14. The van der Waals surface area contributed by atoms with Crippen LogP contribution in [0.1, 0.15) is 12.5 Å². The number of rotatable bonds is 4. The van der Waals surface area contributed by atoms with Crippen LogP contribution in [0.3, 0.4) is 0 Å². The number of piperazine rings is 1. The number of carbonyl (C=O) groups excluding carboxylic acids is 2. The molecule has 1 aromatic carbocycles. The first-order valence-electron chi connectivity index (χ1n) is 8.26. The van der Waals surface area contributed by atoms with Gasteiger partial charge in [0.2, 0.25) is 11.8 Å². The third kappa shape index (κ3) is 3.86. The maximum absolute atomic E-state index is 12.7. The first-order chi connectivity index (χ1) is 12.6. The predicted molar refractivity (Wildman–Crippen MR) is 99.6 cm³/mol. The van der Waals surface area contributed by atoms with E-state index in [1.165, 1.54) is 11.8 Å². The van der Waals surface area contributed by atoms with Crippen LogP contribution in [0.2, 0.25) is 0 Å². The minimum absolute atomic E-state index is 0.0196. The van der Waals surface area contributed by atoms with E-state index in [1.807, 2.05) is 25.1 Å². The summed E-state index contributed by atoms with van der Waals surface area (Å²) in [7, 11) is 0. The Morgan fingerprint density at radius 3 is 2.69 bits per heavy atom. The van der Waals surface area contributed by atoms with E-state index < -0.39 is 0 Å². The Bertz CT molecular complexity index is 850. The molecule has 1 aliphatic heterocycles. The molecule has 1 atom stereocenters. The molecule has 1 aromatic heterocycles. The van der Waals surface area contributed by atoms with Gasteiger partial charge in [0.25, 0.3) is 0 Å². The van der Waals surface area contributed by atoms with Crippen molar-refractivity contribution in [3.8, 4) is 6.07 Å². The minimum atomic E-state index is -0.323. The molecule has 0 unspecified atom stereocenters. The lowest BCUT2D eigenvalue weighted by Crippen LogP contribution is -2.54. The maximum Gasteiger partial charge on any atom is 0.246 e. The van der Waals surface area contributed by atoms with Gasteiger partial charge in [-0.05, 0) is 31.2 Å². The van der Waals surface area contributed by atoms with E-state index in [0.29, 0.717) is 24.3 Å². The highest BCUT2D eigenvalue weighted by Gasteiger charge is 2.31. The molecule has 3 rings (SSSR count). The number of benzene rings is 1. The van der Waals surface area contributed by atoms with E-state index in [0.717, 1.165) is 5.03 Å². The fourth-order valence-electron chi connectivity index (χ4n) is 2.83. The van der Waals surface area contributed by atoms with Crippen LogP contribution in [0, 0.1) is 11.3 Å². The number of nitrogens with zero attached hydrogens (tertiary/aromatic N) is 4. The van der Waals surface area contributed by atoms with Crippen molar-refractivity contribution < 1.29 is 9.59 Å². The number of hydrogen-bond donors (Lipinski definition) is 0. The lowest BCUT2D eigenvalue weighted by atomic mass is 10.1. The number of carbonyl (C=O) groups is 2. The van der Waals surface area contributed by atoms with Gasteiger partial charge in [-0.25, -0.2) is 4.98 Å². The Morgan fingerprint density at radius 2 is 2.00 bits per heavy atom. The smallest absolute Gasteiger partial charge is 0.246 e. The Morgan fingerprint density at radius 1 is 1.23 bits per heavy atom. The molecule has 1 saturated heterocycles. The zero-order chi connectivity index (χ0) is 18.5. The van der Waals surface area contributed by atoms with Crippen molar-refractivity contribution in [3.05, 3.63) is 54.2 Å². The molecule has 0 N–H and O–H groups in total. The minimum Gasteiger partial charge on any atom is -0.331 e. The molecule has 0 radical (unpaired) electrons. The van der Waals surface area contributed by atoms with Gasteiger partial charge in [-0.1, -0.05) is 30.0 Å². The number of pyridine rings is 1. The molecule has 7 heteroatoms. The number of amides is 2. The largest absolute Gasteiger partial charge is 0.331 e. The lowest BCUT2D eigenvalue weighted by molar-refractivity contribution is -0.136. The summed E-state index contributed by atoms with van der Waals surface area (Å²) >= 11 is 1.38. The van der Waals surface area contributed by atoms with E-state index >= 15 is 0 Å². The van der Waals surface area contributed by atoms with Crippen molar-refractivity contribution in [2.75, 3.05) is 24.5 Å². The van der Waals surface area contributed by atoms with Gasteiger partial charge in [-0.15, -0.1) is 0 Å². The normalized spacial score (nSPS) is 15.5. The number of nitriles is 1. The average molecular weight is 366 g/mol. The number of para-hydroxylation sites is 1. The van der Waals surface area contributed by atoms with Crippen LogP contribution in [-0.2, 0) is 9.59 Å². The SMILES string of the molecule is C[C@@H](Sc1ccccn1)C(=O)N1CCN(c2ccccc2C#N)C(=O)C1. The second kappa shape index (κ2) is 8.02. The van der Waals surface area contributed by atoms with Gasteiger partial charge >= 0.3 is 0 Å². The predicted octanol–water partition coefficient (Wildman–Crippen LogP) is 2.31. The van der Waals surface area contributed by atoms with Gasteiger partial charge in [0.05, 0.1) is 21.5 Å². The summed E-state index contributed by atoms with van der Waals surface area (Å²) in [5.41, 5.74) is 1.06. The van der Waals surface area contributed by atoms with Crippen LogP contribution in [0.15, 0.2) is 53.7 Å². The number of thioether (sulfide) groups is 1. The van der Waals surface area contributed by atoms with Crippen molar-refractivity contribution in [3.63, 3.8) is 0 Å². The Hall–Kier alpha value is -2.85. The van der Waals surface area contributed by atoms with Gasteiger partial charge in [0.15, 0.2) is 0 Å². The molecule has 0 bridgehead atoms. The standard InChI is InChI=1S/C19H18N4O2S/c1-14(26-17-8-4-5-9-21-17)19(25)22-10-11-23(18(24)13-22)16-7-3-2-6-15(16)12-20/h2-9,14H,10-11,13H2,1H3/t14-/m1/s1. The Labute approximate surface area is 156 Å². The summed E-state index contributed by atoms with van der Waals surface area (Å²) in [5, 5.41) is 9.68. The fraction of sp³-hybridized carbons (Fsp3) is 0.263. The van der Waals surface area contributed by atoms with Crippen molar-refractivity contribution in [2.24, 2.45) is 0 Å². The summed E-state index contributed by atoms with van der Waals surface area (Å²) in [6, 6.07) is 14.7. The molecule has 1 fully saturated rings. The van der Waals surface area contributed by atoms with E-state index in [-0.39, 0.29) is 23.6 Å². The molecule has 0 saturated carbocycles. The molecule has 0 aliphatic carbocycles. The number of hydrogen-bond acceptors (Lipinski definition) is 5. The second-order valence-electron chi connectivity index (χ2n) is 5.86.